The van der Waals surface area contributed by atoms with E-state index in [-0.39, 0.29) is 7.43 Å². The molecule has 0 rings (SSSR count). The molecule has 0 saturated heterocycles. The Morgan fingerprint density at radius 2 is 0.833 bits per heavy atom. The van der Waals surface area contributed by atoms with Crippen molar-refractivity contribution in [2.24, 2.45) is 5.41 Å². The molecule has 0 N–H and O–H groups in total. The van der Waals surface area contributed by atoms with Crippen LogP contribution in [0.5, 0.6) is 0 Å². The molecular formula is C12H32. The maximum atomic E-state index is 2.19. The molecule has 80 valence electrons. The van der Waals surface area contributed by atoms with Gasteiger partial charge in [-0.3, -0.25) is 0 Å². The fraction of sp³-hybridized carbons (Fsp3) is 1.00. The SMILES string of the molecule is C.CC.CC(C)(C)C.CCCC. The Bertz CT molecular complexity index is 30.5. The fourth-order valence-corrected chi connectivity index (χ4v) is 0. The summed E-state index contributed by atoms with van der Waals surface area (Å²) in [5.74, 6) is 0. The first kappa shape index (κ1) is 22.7. The van der Waals surface area contributed by atoms with Crippen LogP contribution in [-0.2, 0) is 0 Å². The zero-order valence-electron chi connectivity index (χ0n) is 9.91. The topological polar surface area (TPSA) is 0 Å². The van der Waals surface area contributed by atoms with Crippen LogP contribution in [0.3, 0.4) is 0 Å². The highest BCUT2D eigenvalue weighted by Crippen LogP contribution is 2.07. The Kier molecular flexibility index (Phi) is 32.5. The Labute approximate surface area is 81.8 Å². The van der Waals surface area contributed by atoms with Gasteiger partial charge < -0.3 is 0 Å². The van der Waals surface area contributed by atoms with Gasteiger partial charge in [0.2, 0.25) is 0 Å². The second-order valence-electron chi connectivity index (χ2n) is 4.00. The van der Waals surface area contributed by atoms with E-state index in [2.05, 4.69) is 41.5 Å². The minimum atomic E-state index is 0. The van der Waals surface area contributed by atoms with Gasteiger partial charge in [-0.1, -0.05) is 75.7 Å². The monoisotopic (exact) mass is 176 g/mol. The smallest absolute Gasteiger partial charge is 0.0411 e. The summed E-state index contributed by atoms with van der Waals surface area (Å²) in [6.07, 6.45) is 2.64. The van der Waals surface area contributed by atoms with Crippen molar-refractivity contribution in [3.63, 3.8) is 0 Å². The first-order chi connectivity index (χ1) is 4.91. The molecule has 0 bridgehead atoms. The van der Waals surface area contributed by atoms with Crippen LogP contribution in [0, 0.1) is 5.41 Å². The lowest BCUT2D eigenvalue weighted by Crippen LogP contribution is -1.93. The zero-order valence-corrected chi connectivity index (χ0v) is 9.91. The maximum absolute atomic E-state index is 2.19. The van der Waals surface area contributed by atoms with E-state index in [0.717, 1.165) is 0 Å². The molecule has 0 aliphatic heterocycles. The van der Waals surface area contributed by atoms with Gasteiger partial charge in [-0.05, 0) is 5.41 Å². The van der Waals surface area contributed by atoms with Crippen LogP contribution in [-0.4, -0.2) is 0 Å². The van der Waals surface area contributed by atoms with Gasteiger partial charge in [0.25, 0.3) is 0 Å². The van der Waals surface area contributed by atoms with E-state index in [9.17, 15) is 0 Å². The van der Waals surface area contributed by atoms with Crippen LogP contribution >= 0.6 is 0 Å². The molecule has 0 atom stereocenters. The predicted molar refractivity (Wildman–Crippen MR) is 63.8 cm³/mol. The number of hydrogen-bond donors (Lipinski definition) is 0. The fourth-order valence-electron chi connectivity index (χ4n) is 0. The molecule has 12 heavy (non-hydrogen) atoms. The lowest BCUT2D eigenvalue weighted by Gasteiger charge is -2.05. The van der Waals surface area contributed by atoms with E-state index >= 15 is 0 Å². The van der Waals surface area contributed by atoms with Gasteiger partial charge in [-0.15, -0.1) is 0 Å². The molecule has 0 aliphatic carbocycles. The second kappa shape index (κ2) is 17.2. The van der Waals surface area contributed by atoms with Crippen molar-refractivity contribution in [2.45, 2.75) is 75.7 Å². The first-order valence-corrected chi connectivity index (χ1v) is 4.91. The van der Waals surface area contributed by atoms with Crippen LogP contribution in [0.1, 0.15) is 75.7 Å². The Morgan fingerprint density at radius 1 is 0.750 bits per heavy atom. The summed E-state index contributed by atoms with van der Waals surface area (Å²) >= 11 is 0. The van der Waals surface area contributed by atoms with Crippen molar-refractivity contribution in [2.75, 3.05) is 0 Å². The average Bonchev–Trinajstić information content (AvgIpc) is 1.89. The van der Waals surface area contributed by atoms with Crippen LogP contribution in [0.4, 0.5) is 0 Å². The average molecular weight is 176 g/mol. The van der Waals surface area contributed by atoms with E-state index < -0.39 is 0 Å². The minimum Gasteiger partial charge on any atom is -0.0776 e. The molecule has 0 aliphatic rings. The molecule has 0 unspecified atom stereocenters. The van der Waals surface area contributed by atoms with Crippen molar-refractivity contribution in [3.05, 3.63) is 0 Å². The quantitative estimate of drug-likeness (QED) is 0.493. The molecule has 0 aromatic heterocycles. The molecule has 0 radical (unpaired) electrons. The molecule has 0 fully saturated rings. The molecule has 0 saturated carbocycles. The van der Waals surface area contributed by atoms with Crippen molar-refractivity contribution < 1.29 is 0 Å². The number of unbranched alkanes of at least 4 members (excludes halogenated alkanes) is 1. The highest BCUT2D eigenvalue weighted by molar-refractivity contribution is 4.47. The van der Waals surface area contributed by atoms with Gasteiger partial charge in [0.05, 0.1) is 0 Å². The zero-order chi connectivity index (χ0) is 9.91. The first-order valence-electron chi connectivity index (χ1n) is 4.91. The summed E-state index contributed by atoms with van der Waals surface area (Å²) in [4.78, 5) is 0. The third kappa shape index (κ3) is 810. The summed E-state index contributed by atoms with van der Waals surface area (Å²) < 4.78 is 0. The molecule has 0 heteroatoms. The van der Waals surface area contributed by atoms with Gasteiger partial charge >= 0.3 is 0 Å². The summed E-state index contributed by atoms with van der Waals surface area (Å²) in [6.45, 7) is 17.1. The van der Waals surface area contributed by atoms with Crippen LogP contribution < -0.4 is 0 Å². The third-order valence-electron chi connectivity index (χ3n) is 0.500. The highest BCUT2D eigenvalue weighted by Gasteiger charge is 1.95. The van der Waals surface area contributed by atoms with Crippen molar-refractivity contribution in [1.82, 2.24) is 0 Å². The molecular weight excluding hydrogens is 144 g/mol. The Morgan fingerprint density at radius 3 is 0.833 bits per heavy atom. The summed E-state index contributed by atoms with van der Waals surface area (Å²) in [7, 11) is 0. The predicted octanol–water partition coefficient (Wildman–Crippen LogP) is 5.52. The van der Waals surface area contributed by atoms with Gasteiger partial charge in [-0.25, -0.2) is 0 Å². The molecule has 0 aromatic carbocycles. The lowest BCUT2D eigenvalue weighted by atomic mass is 10.0. The summed E-state index contributed by atoms with van der Waals surface area (Å²) in [5, 5.41) is 0. The van der Waals surface area contributed by atoms with E-state index in [1.807, 2.05) is 13.8 Å². The molecule has 0 aromatic rings. The number of hydrogen-bond acceptors (Lipinski definition) is 0. The summed E-state index contributed by atoms with van der Waals surface area (Å²) in [6, 6.07) is 0. The van der Waals surface area contributed by atoms with Crippen LogP contribution in [0.25, 0.3) is 0 Å². The summed E-state index contributed by atoms with van der Waals surface area (Å²) in [5.41, 5.74) is 0.500. The van der Waals surface area contributed by atoms with Crippen molar-refractivity contribution >= 4 is 0 Å². The van der Waals surface area contributed by atoms with Crippen molar-refractivity contribution in [3.8, 4) is 0 Å². The van der Waals surface area contributed by atoms with E-state index in [1.165, 1.54) is 12.8 Å². The standard InChI is InChI=1S/C5H12.C4H10.C2H6.CH4/c1-5(2,3)4;1-3-4-2;1-2;/h1-4H3;3-4H2,1-2H3;1-2H3;1H4. The normalized spacial score (nSPS) is 8.00. The second-order valence-corrected chi connectivity index (χ2v) is 4.00. The Hall–Kier alpha value is 0. The Balaban J connectivity index is -0.0000000419. The highest BCUT2D eigenvalue weighted by atomic mass is 14.0. The van der Waals surface area contributed by atoms with Gasteiger partial charge in [0, 0.05) is 0 Å². The van der Waals surface area contributed by atoms with E-state index in [1.54, 1.807) is 0 Å². The molecule has 0 amide bonds. The van der Waals surface area contributed by atoms with E-state index in [0.29, 0.717) is 5.41 Å². The minimum absolute atomic E-state index is 0. The van der Waals surface area contributed by atoms with Gasteiger partial charge in [0.1, 0.15) is 0 Å². The number of rotatable bonds is 1. The van der Waals surface area contributed by atoms with Gasteiger partial charge in [0.15, 0.2) is 0 Å². The van der Waals surface area contributed by atoms with E-state index in [4.69, 9.17) is 0 Å². The third-order valence-corrected chi connectivity index (χ3v) is 0.500. The maximum Gasteiger partial charge on any atom is -0.0411 e. The largest absolute Gasteiger partial charge is 0.0776 e. The van der Waals surface area contributed by atoms with Crippen molar-refractivity contribution in [1.29, 1.82) is 0 Å². The molecule has 0 spiro atoms. The van der Waals surface area contributed by atoms with Crippen LogP contribution in [0.2, 0.25) is 0 Å². The molecule has 0 nitrogen and oxygen atoms in total. The lowest BCUT2D eigenvalue weighted by molar-refractivity contribution is 0.469. The molecule has 0 heterocycles. The van der Waals surface area contributed by atoms with Gasteiger partial charge in [-0.2, -0.15) is 0 Å². The van der Waals surface area contributed by atoms with Crippen LogP contribution in [0.15, 0.2) is 0 Å².